The summed E-state index contributed by atoms with van der Waals surface area (Å²) in [6.45, 7) is 0. The highest BCUT2D eigenvalue weighted by atomic mass is 16.4. The number of carbonyl (C=O) groups is 4. The molecule has 8 heteroatoms. The Bertz CT molecular complexity index is 786. The largest absolute Gasteiger partial charge is 0.481 e. The predicted octanol–water partition coefficient (Wildman–Crippen LogP) is 2.96. The van der Waals surface area contributed by atoms with Gasteiger partial charge in [-0.15, -0.1) is 0 Å². The van der Waals surface area contributed by atoms with Crippen molar-refractivity contribution < 1.29 is 29.4 Å². The summed E-state index contributed by atoms with van der Waals surface area (Å²) >= 11 is 0. The third-order valence-electron chi connectivity index (χ3n) is 3.80. The Balaban J connectivity index is 1.93. The maximum absolute atomic E-state index is 11.6. The Hall–Kier alpha value is -3.68. The highest BCUT2D eigenvalue weighted by Crippen LogP contribution is 2.23. The van der Waals surface area contributed by atoms with Crippen molar-refractivity contribution in [2.24, 2.45) is 0 Å². The molecule has 0 saturated heterocycles. The minimum absolute atomic E-state index is 0.0866. The number of hydrogen-bond donors (Lipinski definition) is 4. The van der Waals surface area contributed by atoms with Crippen molar-refractivity contribution in [3.63, 3.8) is 0 Å². The lowest BCUT2D eigenvalue weighted by atomic mass is 10.0. The molecule has 0 radical (unpaired) electrons. The molecule has 4 N–H and O–H groups in total. The summed E-state index contributed by atoms with van der Waals surface area (Å²) in [6, 6.07) is 14.1. The van der Waals surface area contributed by atoms with Crippen molar-refractivity contribution in [3.8, 4) is 11.1 Å². The van der Waals surface area contributed by atoms with Crippen LogP contribution < -0.4 is 10.6 Å². The van der Waals surface area contributed by atoms with E-state index >= 15 is 0 Å². The monoisotopic (exact) mass is 384 g/mol. The van der Waals surface area contributed by atoms with Crippen LogP contribution in [0.15, 0.2) is 48.5 Å². The van der Waals surface area contributed by atoms with Crippen molar-refractivity contribution in [2.75, 3.05) is 10.6 Å². The molecule has 2 rings (SSSR count). The van der Waals surface area contributed by atoms with E-state index in [0.29, 0.717) is 11.4 Å². The molecule has 0 unspecified atom stereocenters. The van der Waals surface area contributed by atoms with E-state index in [2.05, 4.69) is 10.6 Å². The van der Waals surface area contributed by atoms with E-state index in [-0.39, 0.29) is 37.5 Å². The first-order valence-corrected chi connectivity index (χ1v) is 8.57. The lowest BCUT2D eigenvalue weighted by molar-refractivity contribution is -0.138. The molecule has 0 atom stereocenters. The van der Waals surface area contributed by atoms with E-state index in [1.54, 1.807) is 24.3 Å². The van der Waals surface area contributed by atoms with Gasteiger partial charge in [-0.05, 0) is 35.4 Å². The van der Waals surface area contributed by atoms with Gasteiger partial charge >= 0.3 is 11.9 Å². The van der Waals surface area contributed by atoms with Crippen molar-refractivity contribution in [1.82, 2.24) is 0 Å². The van der Waals surface area contributed by atoms with Gasteiger partial charge in [-0.25, -0.2) is 0 Å². The second-order valence-corrected chi connectivity index (χ2v) is 6.04. The van der Waals surface area contributed by atoms with Crippen LogP contribution in [0.25, 0.3) is 11.1 Å². The van der Waals surface area contributed by atoms with Crippen LogP contribution in [0.5, 0.6) is 0 Å². The van der Waals surface area contributed by atoms with Crippen molar-refractivity contribution in [2.45, 2.75) is 25.7 Å². The van der Waals surface area contributed by atoms with Gasteiger partial charge in [0.15, 0.2) is 0 Å². The van der Waals surface area contributed by atoms with Crippen LogP contribution in [0, 0.1) is 0 Å². The predicted molar refractivity (Wildman–Crippen MR) is 103 cm³/mol. The van der Waals surface area contributed by atoms with E-state index in [4.69, 9.17) is 10.2 Å². The highest BCUT2D eigenvalue weighted by molar-refractivity contribution is 5.93. The standard InChI is InChI=1S/C20H20N2O6/c23-17(9-11-19(25)26)21-15-5-1-13(2-6-15)14-3-7-16(8-4-14)22-18(24)10-12-20(27)28/h1-8H,9-12H2,(H,21,23)(H,22,24)(H,25,26)(H,27,28). The van der Waals surface area contributed by atoms with Gasteiger partial charge in [0.25, 0.3) is 0 Å². The summed E-state index contributed by atoms with van der Waals surface area (Å²) in [7, 11) is 0. The SMILES string of the molecule is O=C(O)CCC(=O)Nc1ccc(-c2ccc(NC(=O)CCC(=O)O)cc2)cc1. The molecule has 28 heavy (non-hydrogen) atoms. The third kappa shape index (κ3) is 6.91. The van der Waals surface area contributed by atoms with Gasteiger partial charge in [0.05, 0.1) is 12.8 Å². The molecular formula is C20H20N2O6. The van der Waals surface area contributed by atoms with E-state index < -0.39 is 11.9 Å². The summed E-state index contributed by atoms with van der Waals surface area (Å²) in [5.74, 6) is -2.77. The molecule has 146 valence electrons. The first kappa shape index (κ1) is 20.6. The maximum atomic E-state index is 11.6. The van der Waals surface area contributed by atoms with Crippen LogP contribution >= 0.6 is 0 Å². The normalized spacial score (nSPS) is 10.1. The molecule has 0 aliphatic heterocycles. The molecule has 0 aromatic heterocycles. The van der Waals surface area contributed by atoms with E-state index in [9.17, 15) is 19.2 Å². The summed E-state index contributed by atoms with van der Waals surface area (Å²) in [4.78, 5) is 44.2. The van der Waals surface area contributed by atoms with Crippen LogP contribution in [0.2, 0.25) is 0 Å². The van der Waals surface area contributed by atoms with Crippen LogP contribution in [-0.4, -0.2) is 34.0 Å². The summed E-state index contributed by atoms with van der Waals surface area (Å²) in [5, 5.41) is 22.4. The molecule has 0 fully saturated rings. The fraction of sp³-hybridized carbons (Fsp3) is 0.200. The second kappa shape index (κ2) is 9.86. The zero-order valence-electron chi connectivity index (χ0n) is 15.0. The number of carbonyl (C=O) groups excluding carboxylic acids is 2. The zero-order valence-corrected chi connectivity index (χ0v) is 15.0. The lowest BCUT2D eigenvalue weighted by Gasteiger charge is -2.08. The number of amides is 2. The minimum Gasteiger partial charge on any atom is -0.481 e. The van der Waals surface area contributed by atoms with Crippen LogP contribution in [0.3, 0.4) is 0 Å². The lowest BCUT2D eigenvalue weighted by Crippen LogP contribution is -2.13. The topological polar surface area (TPSA) is 133 Å². The van der Waals surface area contributed by atoms with Gasteiger partial charge in [-0.3, -0.25) is 19.2 Å². The van der Waals surface area contributed by atoms with Gasteiger partial charge in [0.1, 0.15) is 0 Å². The van der Waals surface area contributed by atoms with Crippen molar-refractivity contribution in [1.29, 1.82) is 0 Å². The van der Waals surface area contributed by atoms with E-state index in [0.717, 1.165) is 11.1 Å². The summed E-state index contributed by atoms with van der Waals surface area (Å²) < 4.78 is 0. The Morgan fingerprint density at radius 1 is 0.571 bits per heavy atom. The number of aliphatic carboxylic acids is 2. The molecule has 2 aromatic carbocycles. The quantitative estimate of drug-likeness (QED) is 0.525. The van der Waals surface area contributed by atoms with Crippen LogP contribution in [0.4, 0.5) is 11.4 Å². The van der Waals surface area contributed by atoms with E-state index in [1.807, 2.05) is 24.3 Å². The number of carboxylic acids is 2. The van der Waals surface area contributed by atoms with Crippen LogP contribution in [0.1, 0.15) is 25.7 Å². The molecule has 0 bridgehead atoms. The molecule has 0 heterocycles. The Kier molecular flexibility index (Phi) is 7.27. The zero-order chi connectivity index (χ0) is 20.5. The van der Waals surface area contributed by atoms with Gasteiger partial charge < -0.3 is 20.8 Å². The number of nitrogens with one attached hydrogen (secondary N) is 2. The van der Waals surface area contributed by atoms with Crippen LogP contribution in [-0.2, 0) is 19.2 Å². The van der Waals surface area contributed by atoms with Gasteiger partial charge in [0.2, 0.25) is 11.8 Å². The van der Waals surface area contributed by atoms with Crippen molar-refractivity contribution >= 4 is 35.1 Å². The average Bonchev–Trinajstić information content (AvgIpc) is 2.66. The fourth-order valence-corrected chi connectivity index (χ4v) is 2.38. The number of anilines is 2. The first-order valence-electron chi connectivity index (χ1n) is 8.57. The second-order valence-electron chi connectivity index (χ2n) is 6.04. The molecule has 0 aliphatic carbocycles. The Morgan fingerprint density at radius 3 is 1.18 bits per heavy atom. The summed E-state index contributed by atoms with van der Waals surface area (Å²) in [6.07, 6.45) is -0.611. The maximum Gasteiger partial charge on any atom is 0.303 e. The number of hydrogen-bond acceptors (Lipinski definition) is 4. The molecule has 2 aromatic rings. The van der Waals surface area contributed by atoms with Crippen molar-refractivity contribution in [3.05, 3.63) is 48.5 Å². The number of benzene rings is 2. The smallest absolute Gasteiger partial charge is 0.303 e. The van der Waals surface area contributed by atoms with Gasteiger partial charge in [-0.1, -0.05) is 24.3 Å². The van der Waals surface area contributed by atoms with Gasteiger partial charge in [-0.2, -0.15) is 0 Å². The molecule has 8 nitrogen and oxygen atoms in total. The van der Waals surface area contributed by atoms with Gasteiger partial charge in [0, 0.05) is 24.2 Å². The Labute approximate surface area is 161 Å². The third-order valence-corrected chi connectivity index (χ3v) is 3.80. The average molecular weight is 384 g/mol. The minimum atomic E-state index is -1.02. The molecular weight excluding hydrogens is 364 g/mol. The molecule has 0 spiro atoms. The van der Waals surface area contributed by atoms with E-state index in [1.165, 1.54) is 0 Å². The highest BCUT2D eigenvalue weighted by Gasteiger charge is 2.07. The molecule has 0 aliphatic rings. The fourth-order valence-electron chi connectivity index (χ4n) is 2.38. The summed E-state index contributed by atoms with van der Waals surface area (Å²) in [5.41, 5.74) is 2.93. The molecule has 2 amide bonds. The molecule has 0 saturated carbocycles. The number of rotatable bonds is 9. The first-order chi connectivity index (χ1) is 13.3. The Morgan fingerprint density at radius 2 is 0.893 bits per heavy atom. The number of carboxylic acid groups (broad SMARTS) is 2.